The summed E-state index contributed by atoms with van der Waals surface area (Å²) < 4.78 is 6.24. The van der Waals surface area contributed by atoms with Crippen LogP contribution in [0.3, 0.4) is 0 Å². The highest BCUT2D eigenvalue weighted by atomic mass is 16.6. The Hall–Kier alpha value is -2.72. The highest BCUT2D eigenvalue weighted by Gasteiger charge is 2.74. The molecule has 1 saturated heterocycles. The average Bonchev–Trinajstić information content (AvgIpc) is 3.49. The van der Waals surface area contributed by atoms with E-state index >= 15 is 0 Å². The second-order valence-electron chi connectivity index (χ2n) is 15.0. The average molecular weight is 601 g/mol. The Balaban J connectivity index is 1.53. The number of epoxide rings is 1. The van der Waals surface area contributed by atoms with Crippen molar-refractivity contribution in [3.05, 3.63) is 113 Å². The third-order valence-corrected chi connectivity index (χ3v) is 9.39. The van der Waals surface area contributed by atoms with Gasteiger partial charge in [0.2, 0.25) is 0 Å². The first-order valence-electron chi connectivity index (χ1n) is 16.0. The van der Waals surface area contributed by atoms with Crippen molar-refractivity contribution in [3.63, 3.8) is 0 Å². The molecule has 3 aliphatic rings. The Labute approximate surface area is 267 Å². The number of rotatable bonds is 9. The van der Waals surface area contributed by atoms with Gasteiger partial charge in [0.25, 0.3) is 0 Å². The summed E-state index contributed by atoms with van der Waals surface area (Å²) in [6.45, 7) is 20.6. The van der Waals surface area contributed by atoms with Crippen LogP contribution in [0.1, 0.15) is 94.9 Å². The fraction of sp³-hybridized carbons (Fsp3) is 0.525. The molecular weight excluding hydrogens is 544 g/mol. The van der Waals surface area contributed by atoms with Crippen molar-refractivity contribution in [3.8, 4) is 0 Å². The van der Waals surface area contributed by atoms with Gasteiger partial charge in [-0.15, -0.1) is 5.73 Å². The largest absolute Gasteiger partial charge is 0.393 e. The highest BCUT2D eigenvalue weighted by Crippen LogP contribution is 2.66. The number of fused-ring (bicyclic) bond motifs is 1. The number of ether oxygens (including phenoxy) is 1. The second-order valence-corrected chi connectivity index (χ2v) is 15.0. The standard InChI is InChI=1S/C40H56O4/c1-29(17-13-19-31(3)21-22-35-36(5,6)25-33(41)27-38(35,9)43)15-11-12-16-30(2)18-14-20-32(4)23-24-40-37(7,8)26-34(42)28-39(40,10)44-40/h11-21,23-24,33-34,41-43H,25-28H2,1-10H3/b12-11+,17-13+,18-14+,24-23+,29-15-,30-16+,31-19+,32-20-/t22?,33-,34-,38+,39+,40-/m0/s1. The van der Waals surface area contributed by atoms with Crippen molar-refractivity contribution in [1.82, 2.24) is 0 Å². The van der Waals surface area contributed by atoms with Crippen molar-refractivity contribution in [2.45, 2.75) is 124 Å². The molecular formula is C40H56O4. The molecule has 2 saturated carbocycles. The number of hydrogen-bond acceptors (Lipinski definition) is 4. The summed E-state index contributed by atoms with van der Waals surface area (Å²) in [7, 11) is 0. The van der Waals surface area contributed by atoms with E-state index in [0.717, 1.165) is 34.3 Å². The maximum absolute atomic E-state index is 10.9. The molecule has 0 radical (unpaired) electrons. The van der Waals surface area contributed by atoms with E-state index in [-0.39, 0.29) is 28.1 Å². The van der Waals surface area contributed by atoms with E-state index in [1.54, 1.807) is 6.92 Å². The van der Waals surface area contributed by atoms with Gasteiger partial charge in [0.05, 0.1) is 17.8 Å². The van der Waals surface area contributed by atoms with Crippen molar-refractivity contribution >= 4 is 0 Å². The summed E-state index contributed by atoms with van der Waals surface area (Å²) in [6.07, 6.45) is 28.5. The fourth-order valence-electron chi connectivity index (χ4n) is 7.25. The van der Waals surface area contributed by atoms with E-state index in [0.29, 0.717) is 19.3 Å². The number of allylic oxidation sites excluding steroid dienone is 15. The zero-order valence-corrected chi connectivity index (χ0v) is 28.7. The molecule has 3 fully saturated rings. The van der Waals surface area contributed by atoms with Gasteiger partial charge >= 0.3 is 0 Å². The minimum absolute atomic E-state index is 0.103. The predicted octanol–water partition coefficient (Wildman–Crippen LogP) is 8.72. The van der Waals surface area contributed by atoms with Gasteiger partial charge < -0.3 is 20.1 Å². The van der Waals surface area contributed by atoms with Gasteiger partial charge in [-0.05, 0) is 77.5 Å². The van der Waals surface area contributed by atoms with Gasteiger partial charge in [0.15, 0.2) is 0 Å². The summed E-state index contributed by atoms with van der Waals surface area (Å²) in [5, 5.41) is 31.2. The molecule has 0 amide bonds. The van der Waals surface area contributed by atoms with Crippen molar-refractivity contribution in [2.24, 2.45) is 10.8 Å². The minimum atomic E-state index is -1.05. The summed E-state index contributed by atoms with van der Waals surface area (Å²) >= 11 is 0. The lowest BCUT2D eigenvalue weighted by Gasteiger charge is -2.43. The van der Waals surface area contributed by atoms with E-state index in [9.17, 15) is 15.3 Å². The normalized spacial score (nSPS) is 34.7. The molecule has 0 bridgehead atoms. The van der Waals surface area contributed by atoms with Crippen LogP contribution in [0, 0.1) is 10.8 Å². The van der Waals surface area contributed by atoms with E-state index in [1.807, 2.05) is 37.3 Å². The summed E-state index contributed by atoms with van der Waals surface area (Å²) in [6, 6.07) is 0. The second kappa shape index (κ2) is 13.7. The summed E-state index contributed by atoms with van der Waals surface area (Å²) in [5.74, 6) is 0. The molecule has 3 N–H and O–H groups in total. The third kappa shape index (κ3) is 8.71. The molecule has 5 atom stereocenters. The quantitative estimate of drug-likeness (QED) is 0.141. The van der Waals surface area contributed by atoms with Crippen LogP contribution in [0.5, 0.6) is 0 Å². The molecule has 4 nitrogen and oxygen atoms in total. The van der Waals surface area contributed by atoms with Crippen LogP contribution < -0.4 is 0 Å². The van der Waals surface area contributed by atoms with Crippen LogP contribution in [0.4, 0.5) is 0 Å². The van der Waals surface area contributed by atoms with E-state index in [1.165, 1.54) is 0 Å². The van der Waals surface area contributed by atoms with E-state index in [2.05, 4.69) is 110 Å². The summed E-state index contributed by atoms with van der Waals surface area (Å²) in [4.78, 5) is 0. The van der Waals surface area contributed by atoms with Gasteiger partial charge in [0, 0.05) is 23.8 Å². The number of aliphatic hydroxyl groups is 3. The Bertz CT molecular complexity index is 1360. The molecule has 1 aliphatic heterocycles. The van der Waals surface area contributed by atoms with E-state index in [4.69, 9.17) is 4.74 Å². The molecule has 0 aromatic carbocycles. The molecule has 0 aromatic heterocycles. The number of hydrogen-bond donors (Lipinski definition) is 3. The topological polar surface area (TPSA) is 73.2 Å². The third-order valence-electron chi connectivity index (χ3n) is 9.39. The van der Waals surface area contributed by atoms with Crippen LogP contribution in [-0.4, -0.2) is 44.3 Å². The Kier molecular flexibility index (Phi) is 11.2. The summed E-state index contributed by atoms with van der Waals surface area (Å²) in [5.41, 5.74) is 6.63. The van der Waals surface area contributed by atoms with E-state index < -0.39 is 11.7 Å². The van der Waals surface area contributed by atoms with Crippen LogP contribution >= 0.6 is 0 Å². The molecule has 0 aromatic rings. The first kappa shape index (κ1) is 35.8. The maximum atomic E-state index is 10.9. The zero-order valence-electron chi connectivity index (χ0n) is 28.7. The molecule has 2 aliphatic carbocycles. The van der Waals surface area contributed by atoms with Crippen molar-refractivity contribution in [1.29, 1.82) is 0 Å². The minimum Gasteiger partial charge on any atom is -0.393 e. The first-order chi connectivity index (χ1) is 20.3. The molecule has 1 heterocycles. The number of aliphatic hydroxyl groups excluding tert-OH is 2. The monoisotopic (exact) mass is 600 g/mol. The lowest BCUT2D eigenvalue weighted by Crippen LogP contribution is -2.46. The van der Waals surface area contributed by atoms with Crippen molar-refractivity contribution in [2.75, 3.05) is 0 Å². The fourth-order valence-corrected chi connectivity index (χ4v) is 7.25. The van der Waals surface area contributed by atoms with Gasteiger partial charge in [0.1, 0.15) is 11.2 Å². The maximum Gasteiger partial charge on any atom is 0.121 e. The first-order valence-corrected chi connectivity index (χ1v) is 16.0. The van der Waals surface area contributed by atoms with Gasteiger partial charge in [-0.1, -0.05) is 111 Å². The van der Waals surface area contributed by atoms with Crippen LogP contribution in [0.25, 0.3) is 0 Å². The smallest absolute Gasteiger partial charge is 0.121 e. The predicted molar refractivity (Wildman–Crippen MR) is 184 cm³/mol. The molecule has 240 valence electrons. The Morgan fingerprint density at radius 2 is 1.18 bits per heavy atom. The molecule has 0 unspecified atom stereocenters. The highest BCUT2D eigenvalue weighted by molar-refractivity contribution is 5.37. The lowest BCUT2D eigenvalue weighted by atomic mass is 9.63. The van der Waals surface area contributed by atoms with Gasteiger partial charge in [-0.3, -0.25) is 0 Å². The van der Waals surface area contributed by atoms with Gasteiger partial charge in [-0.25, -0.2) is 0 Å². The Morgan fingerprint density at radius 3 is 1.73 bits per heavy atom. The zero-order chi connectivity index (χ0) is 33.0. The molecule has 4 heteroatoms. The molecule has 3 rings (SSSR count). The SMILES string of the molecule is CC(=C/C=C/C=C(C)/C=C/C=C(C)\C=C\[C@@]12O[C@]1(C)C[C@@H](O)CC2(C)C)/C=C/C=C(\C)C=C=C1C(C)(C)C[C@H](O)C[C@@]1(C)O. The van der Waals surface area contributed by atoms with Gasteiger partial charge in [-0.2, -0.15) is 0 Å². The molecule has 0 spiro atoms. The van der Waals surface area contributed by atoms with Crippen LogP contribution in [0.2, 0.25) is 0 Å². The Morgan fingerprint density at radius 1 is 0.682 bits per heavy atom. The van der Waals surface area contributed by atoms with Crippen LogP contribution in [-0.2, 0) is 4.74 Å². The molecule has 44 heavy (non-hydrogen) atoms. The van der Waals surface area contributed by atoms with Crippen molar-refractivity contribution < 1.29 is 20.1 Å². The lowest BCUT2D eigenvalue weighted by molar-refractivity contribution is -0.0268. The van der Waals surface area contributed by atoms with Crippen LogP contribution in [0.15, 0.2) is 113 Å².